The van der Waals surface area contributed by atoms with E-state index in [-0.39, 0.29) is 5.91 Å². The minimum Gasteiger partial charge on any atom is -0.356 e. The highest BCUT2D eigenvalue weighted by atomic mass is 16.1. The lowest BCUT2D eigenvalue weighted by Gasteiger charge is -2.34. The van der Waals surface area contributed by atoms with E-state index in [1.165, 1.54) is 12.8 Å². The van der Waals surface area contributed by atoms with Gasteiger partial charge in [0.15, 0.2) is 0 Å². The van der Waals surface area contributed by atoms with Crippen molar-refractivity contribution in [2.45, 2.75) is 52.4 Å². The number of carbonyl (C=O) groups is 2. The van der Waals surface area contributed by atoms with Crippen LogP contribution in [-0.2, 0) is 9.59 Å². The second-order valence-corrected chi connectivity index (χ2v) is 6.13. The van der Waals surface area contributed by atoms with Crippen LogP contribution < -0.4 is 5.32 Å². The average Bonchev–Trinajstić information content (AvgIpc) is 2.55. The summed E-state index contributed by atoms with van der Waals surface area (Å²) in [6.07, 6.45) is 5.37. The number of hydrogen-bond acceptors (Lipinski definition) is 4. The van der Waals surface area contributed by atoms with Crippen molar-refractivity contribution in [2.75, 3.05) is 45.8 Å². The molecule has 0 spiro atoms. The Morgan fingerprint density at radius 3 is 2.05 bits per heavy atom. The van der Waals surface area contributed by atoms with Crippen LogP contribution in [0.5, 0.6) is 0 Å². The molecule has 5 heteroatoms. The Morgan fingerprint density at radius 1 is 0.909 bits per heavy atom. The third kappa shape index (κ3) is 8.49. The fraction of sp³-hybridized carbons (Fsp3) is 0.882. The third-order valence-corrected chi connectivity index (χ3v) is 4.32. The summed E-state index contributed by atoms with van der Waals surface area (Å²) in [4.78, 5) is 27.8. The molecule has 0 aromatic rings. The Bertz CT molecular complexity index is 326. The number of piperazine rings is 1. The first kappa shape index (κ1) is 19.1. The molecule has 5 nitrogen and oxygen atoms in total. The standard InChI is InChI=1S/C17H33N3O2/c1-3-5-6-9-18-17(22)8-11-20-14-12-19(13-15-20)10-7-16(21)4-2/h3-15H2,1-2H3,(H,18,22). The molecule has 128 valence electrons. The normalized spacial score (nSPS) is 16.6. The smallest absolute Gasteiger partial charge is 0.221 e. The fourth-order valence-corrected chi connectivity index (χ4v) is 2.65. The van der Waals surface area contributed by atoms with E-state index in [1.54, 1.807) is 0 Å². The van der Waals surface area contributed by atoms with Crippen molar-refractivity contribution in [3.05, 3.63) is 0 Å². The highest BCUT2D eigenvalue weighted by Gasteiger charge is 2.17. The van der Waals surface area contributed by atoms with Gasteiger partial charge < -0.3 is 15.1 Å². The summed E-state index contributed by atoms with van der Waals surface area (Å²) in [5.74, 6) is 0.522. The molecule has 0 bridgehead atoms. The molecule has 0 saturated carbocycles. The number of hydrogen-bond donors (Lipinski definition) is 1. The molecule has 1 aliphatic rings. The zero-order valence-corrected chi connectivity index (χ0v) is 14.4. The van der Waals surface area contributed by atoms with Gasteiger partial charge in [-0.1, -0.05) is 26.7 Å². The summed E-state index contributed by atoms with van der Waals surface area (Å²) in [6.45, 7) is 10.7. The first-order valence-corrected chi connectivity index (χ1v) is 8.88. The van der Waals surface area contributed by atoms with Gasteiger partial charge in [-0.25, -0.2) is 0 Å². The van der Waals surface area contributed by atoms with Crippen molar-refractivity contribution in [1.82, 2.24) is 15.1 Å². The zero-order valence-electron chi connectivity index (χ0n) is 14.4. The monoisotopic (exact) mass is 311 g/mol. The molecule has 0 unspecified atom stereocenters. The van der Waals surface area contributed by atoms with E-state index < -0.39 is 0 Å². The van der Waals surface area contributed by atoms with E-state index in [2.05, 4.69) is 22.0 Å². The topological polar surface area (TPSA) is 52.7 Å². The van der Waals surface area contributed by atoms with Crippen LogP contribution in [-0.4, -0.2) is 67.3 Å². The molecule has 0 radical (unpaired) electrons. The van der Waals surface area contributed by atoms with E-state index in [4.69, 9.17) is 0 Å². The molecule has 0 atom stereocenters. The number of nitrogens with zero attached hydrogens (tertiary/aromatic N) is 2. The average molecular weight is 311 g/mol. The molecule has 1 amide bonds. The predicted octanol–water partition coefficient (Wildman–Crippen LogP) is 1.67. The quantitative estimate of drug-likeness (QED) is 0.590. The largest absolute Gasteiger partial charge is 0.356 e. The number of unbranched alkanes of at least 4 members (excludes halogenated alkanes) is 2. The second kappa shape index (κ2) is 11.6. The van der Waals surface area contributed by atoms with Crippen molar-refractivity contribution in [3.63, 3.8) is 0 Å². The van der Waals surface area contributed by atoms with Crippen LogP contribution >= 0.6 is 0 Å². The zero-order chi connectivity index (χ0) is 16.2. The molecule has 0 aliphatic carbocycles. The lowest BCUT2D eigenvalue weighted by atomic mass is 10.2. The highest BCUT2D eigenvalue weighted by Crippen LogP contribution is 2.04. The van der Waals surface area contributed by atoms with E-state index in [0.29, 0.717) is 25.0 Å². The molecule has 1 heterocycles. The van der Waals surface area contributed by atoms with Crippen LogP contribution in [0.15, 0.2) is 0 Å². The van der Waals surface area contributed by atoms with Crippen LogP contribution in [0.3, 0.4) is 0 Å². The Labute approximate surface area is 135 Å². The summed E-state index contributed by atoms with van der Waals surface area (Å²) in [5, 5.41) is 2.99. The van der Waals surface area contributed by atoms with Gasteiger partial charge in [-0.05, 0) is 6.42 Å². The third-order valence-electron chi connectivity index (χ3n) is 4.32. The second-order valence-electron chi connectivity index (χ2n) is 6.13. The summed E-state index contributed by atoms with van der Waals surface area (Å²) < 4.78 is 0. The number of ketones is 1. The molecule has 1 N–H and O–H groups in total. The van der Waals surface area contributed by atoms with Gasteiger partial charge in [0.05, 0.1) is 0 Å². The van der Waals surface area contributed by atoms with E-state index in [0.717, 1.165) is 52.2 Å². The number of Topliss-reactive ketones (excluding diaryl/α,β-unsaturated/α-hetero) is 1. The van der Waals surface area contributed by atoms with Crippen LogP contribution in [0, 0.1) is 0 Å². The first-order chi connectivity index (χ1) is 10.7. The Hall–Kier alpha value is -0.940. The minimum absolute atomic E-state index is 0.173. The highest BCUT2D eigenvalue weighted by molar-refractivity contribution is 5.78. The van der Waals surface area contributed by atoms with Crippen molar-refractivity contribution < 1.29 is 9.59 Å². The van der Waals surface area contributed by atoms with Gasteiger partial charge in [0, 0.05) is 65.1 Å². The maximum absolute atomic E-state index is 11.7. The summed E-state index contributed by atoms with van der Waals surface area (Å²) in [6, 6.07) is 0. The Morgan fingerprint density at radius 2 is 1.50 bits per heavy atom. The minimum atomic E-state index is 0.173. The Kier molecular flexibility index (Phi) is 10.1. The van der Waals surface area contributed by atoms with Gasteiger partial charge in [-0.3, -0.25) is 9.59 Å². The molecule has 0 aromatic heterocycles. The summed E-state index contributed by atoms with van der Waals surface area (Å²) >= 11 is 0. The van der Waals surface area contributed by atoms with E-state index in [1.807, 2.05) is 6.92 Å². The van der Waals surface area contributed by atoms with Crippen molar-refractivity contribution in [3.8, 4) is 0 Å². The van der Waals surface area contributed by atoms with E-state index in [9.17, 15) is 9.59 Å². The van der Waals surface area contributed by atoms with Crippen LogP contribution in [0.2, 0.25) is 0 Å². The molecule has 22 heavy (non-hydrogen) atoms. The van der Waals surface area contributed by atoms with Crippen molar-refractivity contribution >= 4 is 11.7 Å². The predicted molar refractivity (Wildman–Crippen MR) is 89.9 cm³/mol. The van der Waals surface area contributed by atoms with Crippen molar-refractivity contribution in [2.24, 2.45) is 0 Å². The molecule has 1 fully saturated rings. The molecule has 1 aliphatic heterocycles. The lowest BCUT2D eigenvalue weighted by molar-refractivity contribution is -0.122. The van der Waals surface area contributed by atoms with Crippen molar-refractivity contribution in [1.29, 1.82) is 0 Å². The van der Waals surface area contributed by atoms with Crippen LogP contribution in [0.25, 0.3) is 0 Å². The van der Waals surface area contributed by atoms with Gasteiger partial charge in [0.1, 0.15) is 5.78 Å². The SMILES string of the molecule is CCCCCNC(=O)CCN1CCN(CCC(=O)CC)CC1. The van der Waals surface area contributed by atoms with Gasteiger partial charge in [-0.2, -0.15) is 0 Å². The molecular weight excluding hydrogens is 278 g/mol. The molecule has 0 aromatic carbocycles. The maximum Gasteiger partial charge on any atom is 0.221 e. The van der Waals surface area contributed by atoms with E-state index >= 15 is 0 Å². The molecule has 1 rings (SSSR count). The van der Waals surface area contributed by atoms with Gasteiger partial charge in [0.2, 0.25) is 5.91 Å². The molecular formula is C17H33N3O2. The number of amides is 1. The first-order valence-electron chi connectivity index (χ1n) is 8.88. The summed E-state index contributed by atoms with van der Waals surface area (Å²) in [5.41, 5.74) is 0. The van der Waals surface area contributed by atoms with Gasteiger partial charge >= 0.3 is 0 Å². The Balaban J connectivity index is 2.05. The number of nitrogens with one attached hydrogen (secondary N) is 1. The van der Waals surface area contributed by atoms with Gasteiger partial charge in [0.25, 0.3) is 0 Å². The number of rotatable bonds is 11. The van der Waals surface area contributed by atoms with Gasteiger partial charge in [-0.15, -0.1) is 0 Å². The fourth-order valence-electron chi connectivity index (χ4n) is 2.65. The lowest BCUT2D eigenvalue weighted by Crippen LogP contribution is -2.47. The van der Waals surface area contributed by atoms with Crippen LogP contribution in [0.4, 0.5) is 0 Å². The maximum atomic E-state index is 11.7. The summed E-state index contributed by atoms with van der Waals surface area (Å²) in [7, 11) is 0. The molecule has 1 saturated heterocycles. The number of carbonyl (C=O) groups excluding carboxylic acids is 2. The van der Waals surface area contributed by atoms with Crippen LogP contribution in [0.1, 0.15) is 52.4 Å².